The first-order valence-corrected chi connectivity index (χ1v) is 6.88. The lowest BCUT2D eigenvalue weighted by Crippen LogP contribution is -2.14. The molecule has 0 aliphatic rings. The summed E-state index contributed by atoms with van der Waals surface area (Å²) >= 11 is 14.9. The summed E-state index contributed by atoms with van der Waals surface area (Å²) in [7, 11) is 0. The maximum absolute atomic E-state index is 12.2. The second-order valence-corrected chi connectivity index (χ2v) is 5.46. The van der Waals surface area contributed by atoms with Crippen molar-refractivity contribution >= 4 is 50.7 Å². The van der Waals surface area contributed by atoms with Crippen LogP contribution in [0.4, 0.5) is 5.69 Å². The maximum atomic E-state index is 12.2. The number of nitriles is 1. The van der Waals surface area contributed by atoms with Gasteiger partial charge in [-0.2, -0.15) is 5.26 Å². The normalized spacial score (nSPS) is 9.90. The SMILES string of the molecule is N#Cc1ccc(Cl)cc1NC(=O)c1cc(Br)cnc1Cl. The summed E-state index contributed by atoms with van der Waals surface area (Å²) in [5.41, 5.74) is 0.827. The molecule has 0 unspecified atom stereocenters. The van der Waals surface area contributed by atoms with Crippen LogP contribution in [-0.4, -0.2) is 10.9 Å². The van der Waals surface area contributed by atoms with E-state index in [9.17, 15) is 4.79 Å². The molecule has 0 spiro atoms. The first-order valence-electron chi connectivity index (χ1n) is 5.33. The number of aromatic nitrogens is 1. The molecule has 4 nitrogen and oxygen atoms in total. The predicted octanol–water partition coefficient (Wildman–Crippen LogP) is 4.27. The van der Waals surface area contributed by atoms with Gasteiger partial charge < -0.3 is 5.32 Å². The molecule has 1 aromatic carbocycles. The number of benzene rings is 1. The molecule has 0 atom stereocenters. The molecular formula is C13H6BrCl2N3O. The number of hydrogen-bond acceptors (Lipinski definition) is 3. The highest BCUT2D eigenvalue weighted by Crippen LogP contribution is 2.23. The Morgan fingerprint density at radius 2 is 2.10 bits per heavy atom. The molecule has 1 N–H and O–H groups in total. The highest BCUT2D eigenvalue weighted by Gasteiger charge is 2.14. The number of pyridine rings is 1. The lowest BCUT2D eigenvalue weighted by atomic mass is 10.2. The van der Waals surface area contributed by atoms with E-state index in [4.69, 9.17) is 28.5 Å². The Labute approximate surface area is 133 Å². The average Bonchev–Trinajstić information content (AvgIpc) is 2.41. The van der Waals surface area contributed by atoms with Crippen molar-refractivity contribution in [2.75, 3.05) is 5.32 Å². The zero-order valence-corrected chi connectivity index (χ0v) is 12.9. The van der Waals surface area contributed by atoms with Crippen LogP contribution in [0, 0.1) is 11.3 Å². The van der Waals surface area contributed by atoms with Crippen LogP contribution in [0.1, 0.15) is 15.9 Å². The molecule has 1 heterocycles. The molecule has 0 aliphatic carbocycles. The number of hydrogen-bond donors (Lipinski definition) is 1. The third-order valence-corrected chi connectivity index (χ3v) is 3.37. The van der Waals surface area contributed by atoms with Gasteiger partial charge in [0.15, 0.2) is 0 Å². The van der Waals surface area contributed by atoms with Crippen molar-refractivity contribution in [2.24, 2.45) is 0 Å². The minimum absolute atomic E-state index is 0.0752. The summed E-state index contributed by atoms with van der Waals surface area (Å²) in [5, 5.41) is 12.1. The first kappa shape index (κ1) is 14.8. The molecule has 1 amide bonds. The zero-order chi connectivity index (χ0) is 14.7. The van der Waals surface area contributed by atoms with Crippen LogP contribution >= 0.6 is 39.1 Å². The summed E-state index contributed by atoms with van der Waals surface area (Å²) in [6, 6.07) is 8.11. The number of rotatable bonds is 2. The van der Waals surface area contributed by atoms with Gasteiger partial charge in [-0.25, -0.2) is 4.98 Å². The smallest absolute Gasteiger partial charge is 0.258 e. The molecule has 1 aromatic heterocycles. The number of amides is 1. The molecular weight excluding hydrogens is 365 g/mol. The highest BCUT2D eigenvalue weighted by molar-refractivity contribution is 9.10. The molecule has 7 heteroatoms. The van der Waals surface area contributed by atoms with Gasteiger partial charge >= 0.3 is 0 Å². The van der Waals surface area contributed by atoms with E-state index in [1.54, 1.807) is 12.1 Å². The topological polar surface area (TPSA) is 65.8 Å². The Morgan fingerprint density at radius 1 is 1.35 bits per heavy atom. The van der Waals surface area contributed by atoms with E-state index < -0.39 is 5.91 Å². The Balaban J connectivity index is 2.35. The number of nitrogens with zero attached hydrogens (tertiary/aromatic N) is 2. The lowest BCUT2D eigenvalue weighted by molar-refractivity contribution is 0.102. The van der Waals surface area contributed by atoms with Gasteiger partial charge in [-0.3, -0.25) is 4.79 Å². The second-order valence-electron chi connectivity index (χ2n) is 3.75. The van der Waals surface area contributed by atoms with E-state index in [2.05, 4.69) is 26.2 Å². The number of nitrogens with one attached hydrogen (secondary N) is 1. The van der Waals surface area contributed by atoms with Crippen molar-refractivity contribution in [3.05, 3.63) is 56.2 Å². The summed E-state index contributed by atoms with van der Waals surface area (Å²) in [4.78, 5) is 16.0. The summed E-state index contributed by atoms with van der Waals surface area (Å²) in [5.74, 6) is -0.470. The molecule has 0 aliphatic heterocycles. The van der Waals surface area contributed by atoms with E-state index in [-0.39, 0.29) is 10.7 Å². The average molecular weight is 371 g/mol. The van der Waals surface area contributed by atoms with Crippen LogP contribution in [0.5, 0.6) is 0 Å². The quantitative estimate of drug-likeness (QED) is 0.802. The monoisotopic (exact) mass is 369 g/mol. The van der Waals surface area contributed by atoms with E-state index in [1.807, 2.05) is 6.07 Å². The fraction of sp³-hybridized carbons (Fsp3) is 0. The first-order chi connectivity index (χ1) is 9.51. The third kappa shape index (κ3) is 3.28. The van der Waals surface area contributed by atoms with Crippen LogP contribution in [0.25, 0.3) is 0 Å². The van der Waals surface area contributed by atoms with E-state index >= 15 is 0 Å². The van der Waals surface area contributed by atoms with Crippen LogP contribution < -0.4 is 5.32 Å². The second kappa shape index (κ2) is 6.23. The maximum Gasteiger partial charge on any atom is 0.258 e. The molecule has 0 saturated carbocycles. The Kier molecular flexibility index (Phi) is 4.61. The highest BCUT2D eigenvalue weighted by atomic mass is 79.9. The fourth-order valence-corrected chi connectivity index (χ4v) is 2.18. The summed E-state index contributed by atoms with van der Waals surface area (Å²) in [6.45, 7) is 0. The Bertz CT molecular complexity index is 728. The lowest BCUT2D eigenvalue weighted by Gasteiger charge is -2.08. The predicted molar refractivity (Wildman–Crippen MR) is 81.1 cm³/mol. The van der Waals surface area contributed by atoms with Gasteiger partial charge in [-0.1, -0.05) is 23.2 Å². The van der Waals surface area contributed by atoms with Crippen LogP contribution in [-0.2, 0) is 0 Å². The van der Waals surface area contributed by atoms with Gasteiger partial charge in [-0.05, 0) is 40.2 Å². The largest absolute Gasteiger partial charge is 0.321 e. The van der Waals surface area contributed by atoms with Crippen molar-refractivity contribution in [3.63, 3.8) is 0 Å². The molecule has 0 fully saturated rings. The van der Waals surface area contributed by atoms with Gasteiger partial charge in [-0.15, -0.1) is 0 Å². The van der Waals surface area contributed by atoms with Crippen LogP contribution in [0.3, 0.4) is 0 Å². The minimum Gasteiger partial charge on any atom is -0.321 e. The Hall–Kier alpha value is -1.61. The van der Waals surface area contributed by atoms with E-state index in [1.165, 1.54) is 18.3 Å². The van der Waals surface area contributed by atoms with Crippen molar-refractivity contribution in [3.8, 4) is 6.07 Å². The van der Waals surface area contributed by atoms with Gasteiger partial charge in [0.2, 0.25) is 0 Å². The molecule has 20 heavy (non-hydrogen) atoms. The number of carbonyl (C=O) groups is 1. The van der Waals surface area contributed by atoms with Crippen molar-refractivity contribution < 1.29 is 4.79 Å². The third-order valence-electron chi connectivity index (χ3n) is 2.40. The van der Waals surface area contributed by atoms with Gasteiger partial charge in [0, 0.05) is 15.7 Å². The zero-order valence-electron chi connectivity index (χ0n) is 9.82. The molecule has 0 bridgehead atoms. The molecule has 0 radical (unpaired) electrons. The van der Waals surface area contributed by atoms with Crippen molar-refractivity contribution in [2.45, 2.75) is 0 Å². The summed E-state index contributed by atoms with van der Waals surface area (Å²) in [6.07, 6.45) is 1.49. The van der Waals surface area contributed by atoms with Crippen LogP contribution in [0.2, 0.25) is 10.2 Å². The Morgan fingerprint density at radius 3 is 2.80 bits per heavy atom. The minimum atomic E-state index is -0.470. The summed E-state index contributed by atoms with van der Waals surface area (Å²) < 4.78 is 0.624. The van der Waals surface area contributed by atoms with Crippen molar-refractivity contribution in [1.82, 2.24) is 4.98 Å². The fourth-order valence-electron chi connectivity index (χ4n) is 1.49. The molecule has 100 valence electrons. The van der Waals surface area contributed by atoms with E-state index in [0.29, 0.717) is 20.7 Å². The van der Waals surface area contributed by atoms with Gasteiger partial charge in [0.1, 0.15) is 11.2 Å². The van der Waals surface area contributed by atoms with Crippen LogP contribution in [0.15, 0.2) is 34.9 Å². The molecule has 2 rings (SSSR count). The number of halogens is 3. The van der Waals surface area contributed by atoms with Gasteiger partial charge in [0.25, 0.3) is 5.91 Å². The number of carbonyl (C=O) groups excluding carboxylic acids is 1. The molecule has 2 aromatic rings. The molecule has 0 saturated heterocycles. The van der Waals surface area contributed by atoms with Crippen molar-refractivity contribution in [1.29, 1.82) is 5.26 Å². The van der Waals surface area contributed by atoms with E-state index in [0.717, 1.165) is 0 Å². The van der Waals surface area contributed by atoms with Gasteiger partial charge in [0.05, 0.1) is 16.8 Å². The number of anilines is 1. The standard InChI is InChI=1S/C13H6BrCl2N3O/c14-8-3-10(12(16)18-6-8)13(20)19-11-4-9(15)2-1-7(11)5-17/h1-4,6H,(H,19,20).